The fraction of sp³-hybridized carbons (Fsp3) is 0.154. The Morgan fingerprint density at radius 1 is 0.941 bits per heavy atom. The molecule has 5 rings (SSSR count). The topological polar surface area (TPSA) is 84.3 Å². The minimum absolute atomic E-state index is 0.0897. The zero-order valence-corrected chi connectivity index (χ0v) is 19.4. The summed E-state index contributed by atoms with van der Waals surface area (Å²) in [6.07, 6.45) is 2.14. The van der Waals surface area contributed by atoms with Crippen LogP contribution in [0.3, 0.4) is 0 Å². The van der Waals surface area contributed by atoms with Gasteiger partial charge in [0.1, 0.15) is 5.69 Å². The van der Waals surface area contributed by atoms with Crippen LogP contribution in [0.25, 0.3) is 5.69 Å². The van der Waals surface area contributed by atoms with Crippen molar-refractivity contribution < 1.29 is 13.2 Å². The first kappa shape index (κ1) is 21.9. The Bertz CT molecular complexity index is 1430. The molecular weight excluding hydrogens is 448 g/mol. The van der Waals surface area contributed by atoms with Gasteiger partial charge in [-0.25, -0.2) is 13.1 Å². The third-order valence-corrected chi connectivity index (χ3v) is 7.61. The van der Waals surface area contributed by atoms with Crippen LogP contribution in [0.15, 0.2) is 95.9 Å². The molecule has 1 fully saturated rings. The normalized spacial score (nSPS) is 13.4. The number of anilines is 2. The molecule has 8 heteroatoms. The van der Waals surface area contributed by atoms with Crippen LogP contribution in [-0.2, 0) is 10.0 Å². The number of nitrogens with zero attached hydrogens (tertiary/aromatic N) is 3. The van der Waals surface area contributed by atoms with E-state index in [1.165, 1.54) is 23.5 Å². The SMILES string of the molecule is CN(c1ccccc1)S(=O)(=O)c1cccc(NC(=O)c2cc(C3CC3)nn2-c2ccccc2)c1. The van der Waals surface area contributed by atoms with E-state index >= 15 is 0 Å². The van der Waals surface area contributed by atoms with Crippen LogP contribution < -0.4 is 9.62 Å². The van der Waals surface area contributed by atoms with E-state index in [4.69, 9.17) is 0 Å². The minimum atomic E-state index is -3.80. The first-order valence-electron chi connectivity index (χ1n) is 11.0. The van der Waals surface area contributed by atoms with E-state index in [-0.39, 0.29) is 10.8 Å². The Balaban J connectivity index is 1.43. The number of hydrogen-bond donors (Lipinski definition) is 1. The average molecular weight is 473 g/mol. The molecule has 0 radical (unpaired) electrons. The predicted molar refractivity (Wildman–Crippen MR) is 132 cm³/mol. The first-order valence-corrected chi connectivity index (χ1v) is 12.5. The molecule has 1 aromatic heterocycles. The monoisotopic (exact) mass is 472 g/mol. The maximum Gasteiger partial charge on any atom is 0.274 e. The number of aromatic nitrogens is 2. The lowest BCUT2D eigenvalue weighted by atomic mass is 10.2. The Hall–Kier alpha value is -3.91. The molecule has 3 aromatic carbocycles. The van der Waals surface area contributed by atoms with Gasteiger partial charge in [0.2, 0.25) is 0 Å². The summed E-state index contributed by atoms with van der Waals surface area (Å²) in [6, 6.07) is 26.4. The number of nitrogens with one attached hydrogen (secondary N) is 1. The van der Waals surface area contributed by atoms with E-state index in [0.29, 0.717) is 23.0 Å². The smallest absolute Gasteiger partial charge is 0.274 e. The van der Waals surface area contributed by atoms with Crippen LogP contribution in [0.4, 0.5) is 11.4 Å². The maximum absolute atomic E-state index is 13.2. The molecule has 0 saturated heterocycles. The van der Waals surface area contributed by atoms with Crippen LogP contribution >= 0.6 is 0 Å². The van der Waals surface area contributed by atoms with Gasteiger partial charge in [-0.05, 0) is 61.4 Å². The highest BCUT2D eigenvalue weighted by molar-refractivity contribution is 7.92. The van der Waals surface area contributed by atoms with Crippen LogP contribution in [0, 0.1) is 0 Å². The molecule has 1 N–H and O–H groups in total. The summed E-state index contributed by atoms with van der Waals surface area (Å²) in [7, 11) is -2.29. The van der Waals surface area contributed by atoms with E-state index in [9.17, 15) is 13.2 Å². The van der Waals surface area contributed by atoms with E-state index in [1.54, 1.807) is 41.1 Å². The first-order chi connectivity index (χ1) is 16.4. The summed E-state index contributed by atoms with van der Waals surface area (Å²) in [4.78, 5) is 13.3. The number of benzene rings is 3. The molecule has 0 spiro atoms. The van der Waals surface area contributed by atoms with Gasteiger partial charge in [0.05, 0.1) is 22.0 Å². The molecular formula is C26H24N4O3S. The predicted octanol–water partition coefficient (Wildman–Crippen LogP) is 4.83. The molecule has 4 aromatic rings. The van der Waals surface area contributed by atoms with Gasteiger partial charge in [0.25, 0.3) is 15.9 Å². The van der Waals surface area contributed by atoms with Crippen LogP contribution in [-0.4, -0.2) is 31.2 Å². The van der Waals surface area contributed by atoms with E-state index in [1.807, 2.05) is 42.5 Å². The van der Waals surface area contributed by atoms with E-state index in [0.717, 1.165) is 24.2 Å². The molecule has 0 atom stereocenters. The summed E-state index contributed by atoms with van der Waals surface area (Å²) >= 11 is 0. The van der Waals surface area contributed by atoms with E-state index < -0.39 is 10.0 Å². The highest BCUT2D eigenvalue weighted by Gasteiger charge is 2.29. The minimum Gasteiger partial charge on any atom is -0.321 e. The highest BCUT2D eigenvalue weighted by atomic mass is 32.2. The largest absolute Gasteiger partial charge is 0.321 e. The van der Waals surface area contributed by atoms with Crippen molar-refractivity contribution in [3.05, 3.63) is 102 Å². The second kappa shape index (κ2) is 8.79. The molecule has 0 aliphatic heterocycles. The summed E-state index contributed by atoms with van der Waals surface area (Å²) in [5.41, 5.74) is 3.04. The molecule has 1 saturated carbocycles. The number of rotatable bonds is 7. The maximum atomic E-state index is 13.2. The lowest BCUT2D eigenvalue weighted by Crippen LogP contribution is -2.26. The molecule has 0 unspecified atom stereocenters. The van der Waals surface area contributed by atoms with Crippen molar-refractivity contribution in [1.82, 2.24) is 9.78 Å². The van der Waals surface area contributed by atoms with Crippen LogP contribution in [0.5, 0.6) is 0 Å². The molecule has 1 aliphatic rings. The van der Waals surface area contributed by atoms with Gasteiger partial charge in [-0.2, -0.15) is 5.10 Å². The molecule has 1 aliphatic carbocycles. The number of carbonyl (C=O) groups is 1. The van der Waals surface area contributed by atoms with Gasteiger partial charge >= 0.3 is 0 Å². The highest BCUT2D eigenvalue weighted by Crippen LogP contribution is 2.39. The molecule has 1 amide bonds. The van der Waals surface area contributed by atoms with Crippen molar-refractivity contribution in [2.45, 2.75) is 23.7 Å². The lowest BCUT2D eigenvalue weighted by molar-refractivity contribution is 0.101. The second-order valence-electron chi connectivity index (χ2n) is 8.27. The Labute approximate surface area is 198 Å². The summed E-state index contributed by atoms with van der Waals surface area (Å²) in [5, 5.41) is 7.52. The van der Waals surface area contributed by atoms with Crippen molar-refractivity contribution in [2.24, 2.45) is 0 Å². The van der Waals surface area contributed by atoms with E-state index in [2.05, 4.69) is 10.4 Å². The number of para-hydroxylation sites is 2. The molecule has 34 heavy (non-hydrogen) atoms. The number of hydrogen-bond acceptors (Lipinski definition) is 4. The average Bonchev–Trinajstić information content (AvgIpc) is 3.62. The van der Waals surface area contributed by atoms with Crippen LogP contribution in [0.2, 0.25) is 0 Å². The molecule has 1 heterocycles. The Kier molecular flexibility index (Phi) is 5.67. The van der Waals surface area contributed by atoms with Crippen molar-refractivity contribution in [3.63, 3.8) is 0 Å². The lowest BCUT2D eigenvalue weighted by Gasteiger charge is -2.20. The van der Waals surface area contributed by atoms with Gasteiger partial charge < -0.3 is 5.32 Å². The van der Waals surface area contributed by atoms with Crippen molar-refractivity contribution in [2.75, 3.05) is 16.7 Å². The van der Waals surface area contributed by atoms with Crippen LogP contribution in [0.1, 0.15) is 34.9 Å². The fourth-order valence-electron chi connectivity index (χ4n) is 3.77. The summed E-state index contributed by atoms with van der Waals surface area (Å²) in [6.45, 7) is 0. The van der Waals surface area contributed by atoms with Gasteiger partial charge in [0.15, 0.2) is 0 Å². The second-order valence-corrected chi connectivity index (χ2v) is 10.2. The molecule has 0 bridgehead atoms. The standard InChI is InChI=1S/C26H24N4O3S/c1-29(21-10-4-2-5-11-21)34(32,33)23-14-8-9-20(17-23)27-26(31)25-18-24(19-15-16-19)28-30(25)22-12-6-3-7-13-22/h2-14,17-19H,15-16H2,1H3,(H,27,31). The Morgan fingerprint density at radius 3 is 2.29 bits per heavy atom. The zero-order valence-electron chi connectivity index (χ0n) is 18.6. The number of carbonyl (C=O) groups excluding carboxylic acids is 1. The van der Waals surface area contributed by atoms with Gasteiger partial charge in [-0.3, -0.25) is 9.10 Å². The third-order valence-electron chi connectivity index (χ3n) is 5.83. The van der Waals surface area contributed by atoms with Crippen molar-refractivity contribution >= 4 is 27.3 Å². The summed E-state index contributed by atoms with van der Waals surface area (Å²) < 4.78 is 29.2. The van der Waals surface area contributed by atoms with Crippen molar-refractivity contribution in [3.8, 4) is 5.69 Å². The fourth-order valence-corrected chi connectivity index (χ4v) is 5.01. The summed E-state index contributed by atoms with van der Waals surface area (Å²) in [5.74, 6) is 0.0349. The van der Waals surface area contributed by atoms with Gasteiger partial charge in [-0.15, -0.1) is 0 Å². The van der Waals surface area contributed by atoms with Gasteiger partial charge in [0, 0.05) is 18.7 Å². The van der Waals surface area contributed by atoms with Crippen molar-refractivity contribution in [1.29, 1.82) is 0 Å². The quantitative estimate of drug-likeness (QED) is 0.418. The number of amides is 1. The number of sulfonamides is 1. The molecule has 7 nitrogen and oxygen atoms in total. The molecule has 172 valence electrons. The Morgan fingerprint density at radius 2 is 1.62 bits per heavy atom. The van der Waals surface area contributed by atoms with Gasteiger partial charge in [-0.1, -0.05) is 42.5 Å². The third kappa shape index (κ3) is 4.32. The zero-order chi connectivity index (χ0) is 23.7.